The van der Waals surface area contributed by atoms with Crippen molar-refractivity contribution in [3.05, 3.63) is 33.6 Å². The van der Waals surface area contributed by atoms with Gasteiger partial charge in [-0.05, 0) is 50.0 Å². The molecule has 1 saturated heterocycles. The number of rotatable bonds is 3. The molecule has 1 aromatic rings. The van der Waals surface area contributed by atoms with Crippen LogP contribution in [0, 0.1) is 11.7 Å². The van der Waals surface area contributed by atoms with Gasteiger partial charge in [-0.3, -0.25) is 4.90 Å². The monoisotopic (exact) mass is 290 g/mol. The first-order valence-electron chi connectivity index (χ1n) is 6.16. The molecule has 1 aromatic carbocycles. The standard InChI is InChI=1S/C13H17Cl2FN2/c14-12-10(1-2-11(16)13(12)15)8-18-5-3-9(7-17)4-6-18/h1-2,9H,3-8,17H2. The molecule has 0 aliphatic carbocycles. The first-order valence-corrected chi connectivity index (χ1v) is 6.92. The van der Waals surface area contributed by atoms with Gasteiger partial charge < -0.3 is 5.73 Å². The lowest BCUT2D eigenvalue weighted by Gasteiger charge is -2.31. The SMILES string of the molecule is NCC1CCN(Cc2ccc(F)c(Cl)c2Cl)CC1. The Hall–Kier alpha value is -0.350. The van der Waals surface area contributed by atoms with Gasteiger partial charge in [0.15, 0.2) is 0 Å². The highest BCUT2D eigenvalue weighted by molar-refractivity contribution is 6.42. The molecule has 2 rings (SSSR count). The Labute approximate surface area is 117 Å². The summed E-state index contributed by atoms with van der Waals surface area (Å²) < 4.78 is 13.2. The first kappa shape index (κ1) is 14.1. The van der Waals surface area contributed by atoms with Gasteiger partial charge in [-0.2, -0.15) is 0 Å². The van der Waals surface area contributed by atoms with Gasteiger partial charge in [-0.15, -0.1) is 0 Å². The Balaban J connectivity index is 2.00. The molecule has 100 valence electrons. The summed E-state index contributed by atoms with van der Waals surface area (Å²) in [6.45, 7) is 3.49. The molecular weight excluding hydrogens is 274 g/mol. The Morgan fingerprint density at radius 2 is 1.89 bits per heavy atom. The summed E-state index contributed by atoms with van der Waals surface area (Å²) in [6, 6.07) is 3.08. The number of hydrogen-bond donors (Lipinski definition) is 1. The molecule has 18 heavy (non-hydrogen) atoms. The van der Waals surface area contributed by atoms with Crippen molar-refractivity contribution in [1.29, 1.82) is 0 Å². The van der Waals surface area contributed by atoms with E-state index in [1.54, 1.807) is 6.07 Å². The lowest BCUT2D eigenvalue weighted by Crippen LogP contribution is -2.35. The highest BCUT2D eigenvalue weighted by atomic mass is 35.5. The highest BCUT2D eigenvalue weighted by Gasteiger charge is 2.19. The Morgan fingerprint density at radius 3 is 2.50 bits per heavy atom. The van der Waals surface area contributed by atoms with Gasteiger partial charge in [0.1, 0.15) is 5.82 Å². The molecule has 0 radical (unpaired) electrons. The molecule has 2 N–H and O–H groups in total. The predicted octanol–water partition coefficient (Wildman–Crippen LogP) is 3.30. The van der Waals surface area contributed by atoms with Gasteiger partial charge >= 0.3 is 0 Å². The molecule has 0 saturated carbocycles. The van der Waals surface area contributed by atoms with Crippen molar-refractivity contribution in [3.8, 4) is 0 Å². The number of piperidine rings is 1. The minimum absolute atomic E-state index is 0.0195. The van der Waals surface area contributed by atoms with Gasteiger partial charge in [-0.25, -0.2) is 4.39 Å². The van der Waals surface area contributed by atoms with E-state index in [9.17, 15) is 4.39 Å². The van der Waals surface area contributed by atoms with E-state index in [1.807, 2.05) is 0 Å². The lowest BCUT2D eigenvalue weighted by atomic mass is 9.97. The second-order valence-corrected chi connectivity index (χ2v) is 5.55. The quantitative estimate of drug-likeness (QED) is 0.866. The van der Waals surface area contributed by atoms with Gasteiger partial charge in [-0.1, -0.05) is 29.3 Å². The van der Waals surface area contributed by atoms with Crippen molar-refractivity contribution in [2.75, 3.05) is 19.6 Å². The zero-order valence-electron chi connectivity index (χ0n) is 10.1. The average Bonchev–Trinajstić information content (AvgIpc) is 2.40. The Morgan fingerprint density at radius 1 is 1.22 bits per heavy atom. The molecule has 1 heterocycles. The lowest BCUT2D eigenvalue weighted by molar-refractivity contribution is 0.180. The normalized spacial score (nSPS) is 18.2. The van der Waals surface area contributed by atoms with Gasteiger partial charge in [0.25, 0.3) is 0 Å². The number of nitrogens with two attached hydrogens (primary N) is 1. The van der Waals surface area contributed by atoms with Crippen LogP contribution in [0.4, 0.5) is 4.39 Å². The van der Waals surface area contributed by atoms with E-state index < -0.39 is 5.82 Å². The molecule has 0 aromatic heterocycles. The summed E-state index contributed by atoms with van der Waals surface area (Å²) in [6.07, 6.45) is 2.23. The molecule has 0 atom stereocenters. The Kier molecular flexibility index (Phi) is 4.84. The van der Waals surface area contributed by atoms with Crippen molar-refractivity contribution < 1.29 is 4.39 Å². The number of likely N-dealkylation sites (tertiary alicyclic amines) is 1. The van der Waals surface area contributed by atoms with Gasteiger partial charge in [0.05, 0.1) is 10.0 Å². The van der Waals surface area contributed by atoms with Crippen LogP contribution >= 0.6 is 23.2 Å². The molecule has 5 heteroatoms. The van der Waals surface area contributed by atoms with Crippen LogP contribution in [0.15, 0.2) is 12.1 Å². The van der Waals surface area contributed by atoms with Crippen molar-refractivity contribution in [2.24, 2.45) is 11.7 Å². The first-order chi connectivity index (χ1) is 8.61. The van der Waals surface area contributed by atoms with Crippen molar-refractivity contribution in [3.63, 3.8) is 0 Å². The molecule has 2 nitrogen and oxygen atoms in total. The predicted molar refractivity (Wildman–Crippen MR) is 73.5 cm³/mol. The van der Waals surface area contributed by atoms with E-state index >= 15 is 0 Å². The summed E-state index contributed by atoms with van der Waals surface area (Å²) in [5.74, 6) is 0.167. The van der Waals surface area contributed by atoms with E-state index in [2.05, 4.69) is 4.90 Å². The van der Waals surface area contributed by atoms with Crippen LogP contribution in [0.5, 0.6) is 0 Å². The second kappa shape index (κ2) is 6.20. The summed E-state index contributed by atoms with van der Waals surface area (Å²) in [5.41, 5.74) is 6.55. The third-order valence-electron chi connectivity index (χ3n) is 3.55. The fourth-order valence-corrected chi connectivity index (χ4v) is 2.71. The molecule has 1 fully saturated rings. The zero-order chi connectivity index (χ0) is 13.1. The fourth-order valence-electron chi connectivity index (χ4n) is 2.31. The van der Waals surface area contributed by atoms with E-state index in [4.69, 9.17) is 28.9 Å². The number of nitrogens with zero attached hydrogens (tertiary/aromatic N) is 1. The van der Waals surface area contributed by atoms with Crippen LogP contribution in [0.1, 0.15) is 18.4 Å². The third-order valence-corrected chi connectivity index (χ3v) is 4.45. The molecular formula is C13H17Cl2FN2. The number of benzene rings is 1. The molecule has 1 aliphatic rings. The molecule has 0 spiro atoms. The van der Waals surface area contributed by atoms with Crippen LogP contribution in [-0.2, 0) is 6.54 Å². The zero-order valence-corrected chi connectivity index (χ0v) is 11.6. The maximum absolute atomic E-state index is 13.2. The van der Waals surface area contributed by atoms with Gasteiger partial charge in [0.2, 0.25) is 0 Å². The van der Waals surface area contributed by atoms with Crippen LogP contribution in [0.25, 0.3) is 0 Å². The smallest absolute Gasteiger partial charge is 0.143 e. The van der Waals surface area contributed by atoms with E-state index in [0.29, 0.717) is 10.9 Å². The van der Waals surface area contributed by atoms with Crippen molar-refractivity contribution >= 4 is 23.2 Å². The van der Waals surface area contributed by atoms with Crippen LogP contribution in [0.3, 0.4) is 0 Å². The minimum Gasteiger partial charge on any atom is -0.330 e. The topological polar surface area (TPSA) is 29.3 Å². The van der Waals surface area contributed by atoms with Gasteiger partial charge in [0, 0.05) is 6.54 Å². The van der Waals surface area contributed by atoms with Crippen LogP contribution in [-0.4, -0.2) is 24.5 Å². The van der Waals surface area contributed by atoms with Crippen LogP contribution < -0.4 is 5.73 Å². The van der Waals surface area contributed by atoms with E-state index in [-0.39, 0.29) is 5.02 Å². The maximum Gasteiger partial charge on any atom is 0.143 e. The summed E-state index contributed by atoms with van der Waals surface area (Å²) >= 11 is 11.9. The highest BCUT2D eigenvalue weighted by Crippen LogP contribution is 2.30. The molecule has 0 bridgehead atoms. The molecule has 1 aliphatic heterocycles. The van der Waals surface area contributed by atoms with E-state index in [0.717, 1.165) is 44.6 Å². The largest absolute Gasteiger partial charge is 0.330 e. The maximum atomic E-state index is 13.2. The molecule has 0 amide bonds. The average molecular weight is 291 g/mol. The van der Waals surface area contributed by atoms with Crippen molar-refractivity contribution in [1.82, 2.24) is 4.90 Å². The van der Waals surface area contributed by atoms with Crippen molar-refractivity contribution in [2.45, 2.75) is 19.4 Å². The fraction of sp³-hybridized carbons (Fsp3) is 0.538. The Bertz CT molecular complexity index is 418. The minimum atomic E-state index is -0.466. The third kappa shape index (κ3) is 3.15. The summed E-state index contributed by atoms with van der Waals surface area (Å²) in [4.78, 5) is 2.31. The molecule has 0 unspecified atom stereocenters. The van der Waals surface area contributed by atoms with E-state index in [1.165, 1.54) is 6.07 Å². The second-order valence-electron chi connectivity index (χ2n) is 4.79. The summed E-state index contributed by atoms with van der Waals surface area (Å²) in [7, 11) is 0. The van der Waals surface area contributed by atoms with Crippen LogP contribution in [0.2, 0.25) is 10.0 Å². The number of hydrogen-bond acceptors (Lipinski definition) is 2. The summed E-state index contributed by atoms with van der Waals surface area (Å²) in [5, 5.41) is 0.351. The number of halogens is 3.